The minimum absolute atomic E-state index is 0.194. The predicted octanol–water partition coefficient (Wildman–Crippen LogP) is 0.295. The van der Waals surface area contributed by atoms with Crippen LogP contribution in [-0.4, -0.2) is 18.2 Å². The summed E-state index contributed by atoms with van der Waals surface area (Å²) >= 11 is 0. The molecule has 2 aliphatic heterocycles. The van der Waals surface area contributed by atoms with Crippen molar-refractivity contribution in [1.29, 1.82) is 0 Å². The summed E-state index contributed by atoms with van der Waals surface area (Å²) in [5, 5.41) is 0. The van der Waals surface area contributed by atoms with Gasteiger partial charge in [-0.3, -0.25) is 14.8 Å². The molecule has 1 radical (unpaired) electrons. The lowest BCUT2D eigenvalue weighted by atomic mass is 10.1. The van der Waals surface area contributed by atoms with E-state index < -0.39 is 0 Å². The monoisotopic (exact) mass is 131 g/mol. The van der Waals surface area contributed by atoms with Crippen LogP contribution >= 0.6 is 0 Å². The van der Waals surface area contributed by atoms with Crippen LogP contribution < -0.4 is 0 Å². The fourth-order valence-corrected chi connectivity index (χ4v) is 0.810. The molecular weight excluding hydrogens is 128 g/mol. The standard InChI is InChI=1S/C7H3N2O/c10-6-1-5-2-8-4-7(5)9-3-6/h2-4H. The van der Waals surface area contributed by atoms with Gasteiger partial charge in [-0.05, 0) is 0 Å². The second-order valence-corrected chi connectivity index (χ2v) is 1.95. The number of rotatable bonds is 0. The molecule has 0 aromatic rings. The van der Waals surface area contributed by atoms with Crippen molar-refractivity contribution in [3.05, 3.63) is 23.5 Å². The number of allylic oxidation sites excluding steroid dienone is 2. The summed E-state index contributed by atoms with van der Waals surface area (Å²) in [6.07, 6.45) is 7.00. The molecule has 0 aromatic carbocycles. The Labute approximate surface area is 57.5 Å². The molecule has 2 heterocycles. The van der Waals surface area contributed by atoms with E-state index in [4.69, 9.17) is 0 Å². The Morgan fingerprint density at radius 3 is 3.20 bits per heavy atom. The van der Waals surface area contributed by atoms with E-state index in [1.165, 1.54) is 6.21 Å². The third kappa shape index (κ3) is 0.639. The first-order valence-electron chi connectivity index (χ1n) is 2.82. The van der Waals surface area contributed by atoms with Crippen LogP contribution in [0.4, 0.5) is 0 Å². The molecule has 0 N–H and O–H groups in total. The molecule has 0 atom stereocenters. The van der Waals surface area contributed by atoms with Gasteiger partial charge >= 0.3 is 0 Å². The number of dihydropyridines is 1. The number of hydrogen-bond acceptors (Lipinski definition) is 3. The quantitative estimate of drug-likeness (QED) is 0.466. The van der Waals surface area contributed by atoms with Crippen molar-refractivity contribution in [3.63, 3.8) is 0 Å². The first-order valence-corrected chi connectivity index (χ1v) is 2.82. The van der Waals surface area contributed by atoms with Crippen LogP contribution in [0.1, 0.15) is 0 Å². The molecule has 47 valence electrons. The topological polar surface area (TPSA) is 41.8 Å². The Bertz CT molecular complexity index is 308. The molecule has 0 unspecified atom stereocenters. The first-order chi connectivity index (χ1) is 4.86. The van der Waals surface area contributed by atoms with Crippen molar-refractivity contribution in [1.82, 2.24) is 0 Å². The van der Waals surface area contributed by atoms with E-state index in [0.29, 0.717) is 5.57 Å². The van der Waals surface area contributed by atoms with E-state index in [1.807, 2.05) is 0 Å². The molecule has 3 nitrogen and oxygen atoms in total. The van der Waals surface area contributed by atoms with Crippen LogP contribution in [0.2, 0.25) is 0 Å². The van der Waals surface area contributed by atoms with E-state index in [1.54, 1.807) is 12.4 Å². The second-order valence-electron chi connectivity index (χ2n) is 1.95. The molecule has 0 saturated heterocycles. The predicted molar refractivity (Wildman–Crippen MR) is 36.8 cm³/mol. The van der Waals surface area contributed by atoms with Crippen molar-refractivity contribution in [2.24, 2.45) is 9.98 Å². The van der Waals surface area contributed by atoms with E-state index in [2.05, 4.69) is 16.1 Å². The van der Waals surface area contributed by atoms with E-state index >= 15 is 0 Å². The molecular formula is C7H3N2O. The maximum Gasteiger partial charge on any atom is 0.205 e. The Hall–Kier alpha value is -1.51. The second kappa shape index (κ2) is 1.73. The number of nitrogens with zero attached hydrogens (tertiary/aromatic N) is 2. The van der Waals surface area contributed by atoms with Gasteiger partial charge in [0.25, 0.3) is 0 Å². The number of carbonyl (C=O) groups excluding carboxylic acids is 1. The minimum Gasteiger partial charge on any atom is -0.288 e. The molecule has 0 saturated carbocycles. The van der Waals surface area contributed by atoms with Crippen LogP contribution in [0.15, 0.2) is 27.5 Å². The van der Waals surface area contributed by atoms with Crippen LogP contribution in [-0.2, 0) is 4.79 Å². The fourth-order valence-electron chi connectivity index (χ4n) is 0.810. The summed E-state index contributed by atoms with van der Waals surface area (Å²) in [7, 11) is 0. The lowest BCUT2D eigenvalue weighted by Crippen LogP contribution is -2.03. The normalized spacial score (nSPS) is 20.6. The molecule has 0 amide bonds. The summed E-state index contributed by atoms with van der Waals surface area (Å²) in [6, 6.07) is 0. The van der Waals surface area contributed by atoms with Crippen molar-refractivity contribution in [2.75, 3.05) is 0 Å². The van der Waals surface area contributed by atoms with E-state index in [0.717, 1.165) is 5.70 Å². The summed E-state index contributed by atoms with van der Waals surface area (Å²) in [6.45, 7) is 0. The van der Waals surface area contributed by atoms with Gasteiger partial charge in [0.15, 0.2) is 0 Å². The van der Waals surface area contributed by atoms with Gasteiger partial charge < -0.3 is 0 Å². The Kier molecular flexibility index (Phi) is 0.917. The average Bonchev–Trinajstić information content (AvgIpc) is 2.33. The van der Waals surface area contributed by atoms with Gasteiger partial charge in [-0.25, -0.2) is 0 Å². The largest absolute Gasteiger partial charge is 0.288 e. The summed E-state index contributed by atoms with van der Waals surface area (Å²) in [5.74, 6) is -0.194. The van der Waals surface area contributed by atoms with Crippen LogP contribution in [0, 0.1) is 6.08 Å². The van der Waals surface area contributed by atoms with Gasteiger partial charge in [-0.15, -0.1) is 0 Å². The summed E-state index contributed by atoms with van der Waals surface area (Å²) in [5.41, 5.74) is 1.41. The number of ketones is 1. The minimum atomic E-state index is -0.194. The molecule has 0 aromatic heterocycles. The summed E-state index contributed by atoms with van der Waals surface area (Å²) in [4.78, 5) is 18.3. The lowest BCUT2D eigenvalue weighted by Gasteiger charge is -1.98. The van der Waals surface area contributed by atoms with Gasteiger partial charge in [0.2, 0.25) is 5.78 Å². The molecule has 10 heavy (non-hydrogen) atoms. The smallest absolute Gasteiger partial charge is 0.205 e. The number of aliphatic imine (C=N–C) groups is 2. The maximum absolute atomic E-state index is 10.6. The lowest BCUT2D eigenvalue weighted by molar-refractivity contribution is -0.109. The van der Waals surface area contributed by atoms with Gasteiger partial charge in [-0.2, -0.15) is 0 Å². The third-order valence-electron chi connectivity index (χ3n) is 1.26. The SMILES string of the molecule is O=C1[C]=C2C=NC=C2N=C1. The van der Waals surface area contributed by atoms with Crippen molar-refractivity contribution in [2.45, 2.75) is 0 Å². The van der Waals surface area contributed by atoms with Crippen LogP contribution in [0.5, 0.6) is 0 Å². The fraction of sp³-hybridized carbons (Fsp3) is 0. The van der Waals surface area contributed by atoms with Crippen LogP contribution in [0.25, 0.3) is 0 Å². The Morgan fingerprint density at radius 1 is 1.40 bits per heavy atom. The molecule has 0 spiro atoms. The number of Topliss-reactive ketones (excluding diaryl/α,β-unsaturated/α-hetero) is 1. The van der Waals surface area contributed by atoms with Crippen molar-refractivity contribution < 1.29 is 4.79 Å². The highest BCUT2D eigenvalue weighted by atomic mass is 16.1. The highest BCUT2D eigenvalue weighted by Gasteiger charge is 2.12. The third-order valence-corrected chi connectivity index (χ3v) is 1.26. The molecule has 2 aliphatic rings. The number of carbonyl (C=O) groups is 1. The Balaban J connectivity index is 2.51. The van der Waals surface area contributed by atoms with Crippen molar-refractivity contribution >= 4 is 18.2 Å². The zero-order valence-corrected chi connectivity index (χ0v) is 5.03. The summed E-state index contributed by atoms with van der Waals surface area (Å²) < 4.78 is 0. The van der Waals surface area contributed by atoms with Crippen LogP contribution in [0.3, 0.4) is 0 Å². The average molecular weight is 131 g/mol. The highest BCUT2D eigenvalue weighted by molar-refractivity contribution is 6.33. The number of fused-ring (bicyclic) bond motifs is 1. The molecule has 2 rings (SSSR count). The van der Waals surface area contributed by atoms with Gasteiger partial charge in [0, 0.05) is 17.9 Å². The Morgan fingerprint density at radius 2 is 2.30 bits per heavy atom. The first kappa shape index (κ1) is 5.29. The van der Waals surface area contributed by atoms with Gasteiger partial charge in [0.1, 0.15) is 0 Å². The van der Waals surface area contributed by atoms with E-state index in [-0.39, 0.29) is 5.78 Å². The highest BCUT2D eigenvalue weighted by Crippen LogP contribution is 2.16. The molecule has 0 fully saturated rings. The number of hydrogen-bond donors (Lipinski definition) is 0. The maximum atomic E-state index is 10.6. The zero-order chi connectivity index (χ0) is 6.97. The molecule has 3 heteroatoms. The molecule has 0 bridgehead atoms. The van der Waals surface area contributed by atoms with Gasteiger partial charge in [-0.1, -0.05) is 0 Å². The van der Waals surface area contributed by atoms with E-state index in [9.17, 15) is 4.79 Å². The molecule has 0 aliphatic carbocycles. The van der Waals surface area contributed by atoms with Crippen molar-refractivity contribution in [3.8, 4) is 0 Å². The zero-order valence-electron chi connectivity index (χ0n) is 5.03. The van der Waals surface area contributed by atoms with Gasteiger partial charge in [0.05, 0.1) is 18.1 Å².